The molecule has 1 aromatic carbocycles. The number of benzene rings is 1. The van der Waals surface area contributed by atoms with Crippen molar-refractivity contribution in [1.82, 2.24) is 9.88 Å². The minimum atomic E-state index is -0.658. The number of pyridine rings is 1. The molecule has 1 atom stereocenters. The lowest BCUT2D eigenvalue weighted by Crippen LogP contribution is -2.47. The molecule has 4 heterocycles. The fourth-order valence-corrected chi connectivity index (χ4v) is 4.82. The maximum atomic E-state index is 12.4. The van der Waals surface area contributed by atoms with E-state index < -0.39 is 11.7 Å². The number of hydrogen-bond donors (Lipinski definition) is 1. The molecule has 2 saturated heterocycles. The van der Waals surface area contributed by atoms with Crippen LogP contribution >= 0.6 is 0 Å². The van der Waals surface area contributed by atoms with Gasteiger partial charge in [-0.2, -0.15) is 0 Å². The van der Waals surface area contributed by atoms with Crippen LogP contribution in [-0.4, -0.2) is 58.8 Å². The van der Waals surface area contributed by atoms with Crippen LogP contribution in [0.5, 0.6) is 0 Å². The number of likely N-dealkylation sites (tertiary alicyclic amines) is 1. The van der Waals surface area contributed by atoms with Crippen molar-refractivity contribution < 1.29 is 24.2 Å². The zero-order valence-corrected chi connectivity index (χ0v) is 17.4. The van der Waals surface area contributed by atoms with Crippen molar-refractivity contribution in [1.29, 1.82) is 0 Å². The van der Waals surface area contributed by atoms with Gasteiger partial charge < -0.3 is 19.5 Å². The molecule has 1 unspecified atom stereocenters. The standard InChI is InChI=1S/C23H25N3O5/c1-15-17(2-3-18-19(15)13-30-21(18)28)20(27)12-25-10-6-23(7-11-25)14-26(22(29)31-23)16-4-8-24-9-5-16/h2-5,8-9,20,27H,6-7,10-14H2,1H3. The highest BCUT2D eigenvalue weighted by Gasteiger charge is 2.47. The van der Waals surface area contributed by atoms with Gasteiger partial charge in [0.2, 0.25) is 0 Å². The van der Waals surface area contributed by atoms with Crippen molar-refractivity contribution in [2.45, 2.75) is 38.1 Å². The Morgan fingerprint density at radius 3 is 2.65 bits per heavy atom. The highest BCUT2D eigenvalue weighted by molar-refractivity contribution is 5.94. The molecule has 1 amide bonds. The molecular formula is C23H25N3O5. The highest BCUT2D eigenvalue weighted by atomic mass is 16.6. The Balaban J connectivity index is 1.22. The van der Waals surface area contributed by atoms with Gasteiger partial charge in [0.25, 0.3) is 0 Å². The number of nitrogens with zero attached hydrogens (tertiary/aromatic N) is 3. The van der Waals surface area contributed by atoms with E-state index in [1.54, 1.807) is 23.4 Å². The summed E-state index contributed by atoms with van der Waals surface area (Å²) in [4.78, 5) is 32.1. The third-order valence-electron chi connectivity index (χ3n) is 6.71. The molecule has 0 radical (unpaired) electrons. The van der Waals surface area contributed by atoms with Crippen LogP contribution in [0.3, 0.4) is 0 Å². The van der Waals surface area contributed by atoms with Gasteiger partial charge in [0.1, 0.15) is 12.2 Å². The maximum absolute atomic E-state index is 12.4. The average Bonchev–Trinajstić information content (AvgIpc) is 3.31. The summed E-state index contributed by atoms with van der Waals surface area (Å²) in [6, 6.07) is 7.18. The normalized spacial score (nSPS) is 21.2. The smallest absolute Gasteiger partial charge is 0.415 e. The SMILES string of the molecule is Cc1c(C(O)CN2CCC3(CC2)CN(c2ccncc2)C(=O)O3)ccc2c1COC2=O. The van der Waals surface area contributed by atoms with Crippen molar-refractivity contribution in [3.63, 3.8) is 0 Å². The van der Waals surface area contributed by atoms with Gasteiger partial charge in [0, 0.05) is 50.4 Å². The molecule has 162 valence electrons. The number of carbonyl (C=O) groups is 2. The first kappa shape index (κ1) is 20.0. The molecule has 1 spiro atoms. The summed E-state index contributed by atoms with van der Waals surface area (Å²) in [5, 5.41) is 10.9. The van der Waals surface area contributed by atoms with Crippen LogP contribution in [0.2, 0.25) is 0 Å². The largest absolute Gasteiger partial charge is 0.457 e. The summed E-state index contributed by atoms with van der Waals surface area (Å²) in [5.41, 5.74) is 3.52. The van der Waals surface area contributed by atoms with Crippen molar-refractivity contribution in [3.05, 3.63) is 58.9 Å². The molecule has 2 aromatic rings. The summed E-state index contributed by atoms with van der Waals surface area (Å²) in [6.45, 7) is 4.69. The molecule has 5 rings (SSSR count). The summed E-state index contributed by atoms with van der Waals surface area (Å²) >= 11 is 0. The van der Waals surface area contributed by atoms with Crippen LogP contribution in [0.15, 0.2) is 36.7 Å². The van der Waals surface area contributed by atoms with Gasteiger partial charge in [0.05, 0.1) is 23.9 Å². The number of ether oxygens (including phenoxy) is 2. The number of fused-ring (bicyclic) bond motifs is 1. The number of aliphatic hydroxyl groups excluding tert-OH is 1. The number of β-amino-alcohol motifs (C(OH)–C–C–N with tert-alkyl or cyclic N) is 1. The van der Waals surface area contributed by atoms with Crippen molar-refractivity contribution in [2.75, 3.05) is 31.1 Å². The molecule has 0 bridgehead atoms. The number of carbonyl (C=O) groups excluding carboxylic acids is 2. The Bertz CT molecular complexity index is 1020. The Labute approximate surface area is 180 Å². The fraction of sp³-hybridized carbons (Fsp3) is 0.435. The second-order valence-electron chi connectivity index (χ2n) is 8.54. The zero-order chi connectivity index (χ0) is 21.6. The van der Waals surface area contributed by atoms with E-state index in [9.17, 15) is 14.7 Å². The number of hydrogen-bond acceptors (Lipinski definition) is 7. The number of cyclic esters (lactones) is 1. The molecule has 0 saturated carbocycles. The fourth-order valence-electron chi connectivity index (χ4n) is 4.82. The van der Waals surface area contributed by atoms with Crippen LogP contribution in [0.4, 0.5) is 10.5 Å². The van der Waals surface area contributed by atoms with Crippen molar-refractivity contribution >= 4 is 17.7 Å². The third-order valence-corrected chi connectivity index (χ3v) is 6.71. The van der Waals surface area contributed by atoms with Gasteiger partial charge in [0.15, 0.2) is 0 Å². The van der Waals surface area contributed by atoms with E-state index in [0.717, 1.165) is 48.3 Å². The minimum absolute atomic E-state index is 0.270. The van der Waals surface area contributed by atoms with Gasteiger partial charge in [-0.25, -0.2) is 9.59 Å². The number of aliphatic hydroxyl groups is 1. The minimum Gasteiger partial charge on any atom is -0.457 e. The number of rotatable bonds is 4. The van der Waals surface area contributed by atoms with E-state index in [0.29, 0.717) is 18.7 Å². The van der Waals surface area contributed by atoms with E-state index in [1.807, 2.05) is 25.1 Å². The molecule has 8 nitrogen and oxygen atoms in total. The van der Waals surface area contributed by atoms with Gasteiger partial charge in [-0.15, -0.1) is 0 Å². The summed E-state index contributed by atoms with van der Waals surface area (Å²) in [6.07, 6.45) is 3.80. The van der Waals surface area contributed by atoms with E-state index in [4.69, 9.17) is 9.47 Å². The number of piperidine rings is 1. The van der Waals surface area contributed by atoms with Crippen LogP contribution < -0.4 is 4.90 Å². The quantitative estimate of drug-likeness (QED) is 0.756. The highest BCUT2D eigenvalue weighted by Crippen LogP contribution is 2.36. The van der Waals surface area contributed by atoms with Crippen LogP contribution in [-0.2, 0) is 16.1 Å². The lowest BCUT2D eigenvalue weighted by Gasteiger charge is -2.38. The average molecular weight is 423 g/mol. The van der Waals surface area contributed by atoms with Crippen molar-refractivity contribution in [3.8, 4) is 0 Å². The van der Waals surface area contributed by atoms with Crippen LogP contribution in [0.1, 0.15) is 46.0 Å². The van der Waals surface area contributed by atoms with Gasteiger partial charge in [-0.05, 0) is 36.2 Å². The van der Waals surface area contributed by atoms with E-state index in [2.05, 4.69) is 9.88 Å². The molecule has 3 aliphatic rings. The van der Waals surface area contributed by atoms with E-state index in [-0.39, 0.29) is 18.7 Å². The topological polar surface area (TPSA) is 92.2 Å². The van der Waals surface area contributed by atoms with Gasteiger partial charge >= 0.3 is 12.1 Å². The van der Waals surface area contributed by atoms with Crippen molar-refractivity contribution in [2.24, 2.45) is 0 Å². The predicted molar refractivity (Wildman–Crippen MR) is 112 cm³/mol. The summed E-state index contributed by atoms with van der Waals surface area (Å²) in [7, 11) is 0. The Hall–Kier alpha value is -2.97. The first-order chi connectivity index (χ1) is 15.0. The summed E-state index contributed by atoms with van der Waals surface area (Å²) < 4.78 is 10.9. The lowest BCUT2D eigenvalue weighted by atomic mass is 9.90. The first-order valence-electron chi connectivity index (χ1n) is 10.6. The molecule has 3 aliphatic heterocycles. The molecule has 0 aliphatic carbocycles. The predicted octanol–water partition coefficient (Wildman–Crippen LogP) is 2.59. The maximum Gasteiger partial charge on any atom is 0.415 e. The molecule has 1 N–H and O–H groups in total. The molecule has 31 heavy (non-hydrogen) atoms. The Kier molecular flexibility index (Phi) is 4.91. The van der Waals surface area contributed by atoms with E-state index >= 15 is 0 Å². The molecule has 2 fully saturated rings. The third kappa shape index (κ3) is 3.55. The number of anilines is 1. The molecule has 8 heteroatoms. The zero-order valence-electron chi connectivity index (χ0n) is 17.4. The molecular weight excluding hydrogens is 398 g/mol. The number of amides is 1. The van der Waals surface area contributed by atoms with Crippen LogP contribution in [0, 0.1) is 6.92 Å². The monoisotopic (exact) mass is 423 g/mol. The first-order valence-corrected chi connectivity index (χ1v) is 10.6. The molecule has 1 aromatic heterocycles. The van der Waals surface area contributed by atoms with Gasteiger partial charge in [-0.1, -0.05) is 6.07 Å². The Morgan fingerprint density at radius 2 is 1.90 bits per heavy atom. The summed E-state index contributed by atoms with van der Waals surface area (Å²) in [5.74, 6) is -0.299. The van der Waals surface area contributed by atoms with Gasteiger partial charge in [-0.3, -0.25) is 9.88 Å². The van der Waals surface area contributed by atoms with Crippen LogP contribution in [0.25, 0.3) is 0 Å². The second kappa shape index (κ2) is 7.62. The second-order valence-corrected chi connectivity index (χ2v) is 8.54. The Morgan fingerprint density at radius 1 is 1.16 bits per heavy atom. The number of aromatic nitrogens is 1. The number of esters is 1. The lowest BCUT2D eigenvalue weighted by molar-refractivity contribution is -0.00987. The van der Waals surface area contributed by atoms with E-state index in [1.165, 1.54) is 0 Å².